The molecule has 33 heavy (non-hydrogen) atoms. The van der Waals surface area contributed by atoms with Crippen LogP contribution < -0.4 is 33.2 Å². The Hall–Kier alpha value is -2.54. The van der Waals surface area contributed by atoms with Crippen molar-refractivity contribution in [2.24, 2.45) is 34.0 Å². The summed E-state index contributed by atoms with van der Waals surface area (Å²) in [7, 11) is 0. The molecule has 5 unspecified atom stereocenters. The standard InChI is InChI=1S/C20H39N7O5S/c1-5-11(4)15(27-17(29)14(21)10(2)3)18(30)26-13(9-33)16(28)25-12(19(31)32)7-6-8-24-20(22)23/h10-15,33H,5-9,21H2,1-4H3,(H,25,28)(H,26,30)(H,27,29)(H,31,32)(H4,22,23,24). The first-order chi connectivity index (χ1) is 15.3. The van der Waals surface area contributed by atoms with Crippen LogP contribution in [0.3, 0.4) is 0 Å². The van der Waals surface area contributed by atoms with E-state index in [1.54, 1.807) is 20.8 Å². The minimum Gasteiger partial charge on any atom is -0.480 e. The number of aliphatic carboxylic acids is 1. The maximum Gasteiger partial charge on any atom is 0.326 e. The molecule has 0 heterocycles. The Kier molecular flexibility index (Phi) is 14.1. The molecule has 0 spiro atoms. The second kappa shape index (κ2) is 15.3. The molecule has 3 amide bonds. The van der Waals surface area contributed by atoms with Crippen LogP contribution in [0.5, 0.6) is 0 Å². The van der Waals surface area contributed by atoms with Crippen LogP contribution in [0.25, 0.3) is 0 Å². The molecule has 12 nitrogen and oxygen atoms in total. The van der Waals surface area contributed by atoms with E-state index in [1.165, 1.54) is 0 Å². The highest BCUT2D eigenvalue weighted by atomic mass is 32.1. The van der Waals surface area contributed by atoms with E-state index in [-0.39, 0.29) is 36.5 Å². The molecule has 10 N–H and O–H groups in total. The molecule has 0 bridgehead atoms. The van der Waals surface area contributed by atoms with Crippen LogP contribution in [-0.2, 0) is 19.2 Å². The Morgan fingerprint density at radius 2 is 1.55 bits per heavy atom. The number of nitrogens with zero attached hydrogens (tertiary/aromatic N) is 1. The van der Waals surface area contributed by atoms with Gasteiger partial charge in [0.1, 0.15) is 18.1 Å². The van der Waals surface area contributed by atoms with Crippen molar-refractivity contribution >= 4 is 42.3 Å². The summed E-state index contributed by atoms with van der Waals surface area (Å²) in [5, 5.41) is 17.0. The number of guanidine groups is 1. The molecule has 0 saturated carbocycles. The molecule has 190 valence electrons. The normalized spacial score (nSPS) is 15.5. The number of carboxylic acid groups (broad SMARTS) is 1. The molecule has 0 aliphatic rings. The van der Waals surface area contributed by atoms with Gasteiger partial charge in [-0.05, 0) is 24.7 Å². The van der Waals surface area contributed by atoms with Crippen LogP contribution in [-0.4, -0.2) is 71.2 Å². The van der Waals surface area contributed by atoms with Gasteiger partial charge >= 0.3 is 5.97 Å². The molecule has 0 aliphatic carbocycles. The molecule has 0 rings (SSSR count). The highest BCUT2D eigenvalue weighted by Crippen LogP contribution is 2.10. The maximum absolute atomic E-state index is 12.9. The zero-order valence-corrected chi connectivity index (χ0v) is 20.6. The third-order valence-corrected chi connectivity index (χ3v) is 5.55. The second-order valence-corrected chi connectivity index (χ2v) is 8.60. The third kappa shape index (κ3) is 11.2. The number of carboxylic acids is 1. The van der Waals surface area contributed by atoms with E-state index >= 15 is 0 Å². The van der Waals surface area contributed by atoms with Crippen molar-refractivity contribution < 1.29 is 24.3 Å². The summed E-state index contributed by atoms with van der Waals surface area (Å²) < 4.78 is 0. The van der Waals surface area contributed by atoms with Gasteiger partial charge in [-0.25, -0.2) is 4.79 Å². The quantitative estimate of drug-likeness (QED) is 0.0587. The lowest BCUT2D eigenvalue weighted by Gasteiger charge is -2.28. The van der Waals surface area contributed by atoms with Crippen molar-refractivity contribution in [3.8, 4) is 0 Å². The van der Waals surface area contributed by atoms with Crippen molar-refractivity contribution in [2.75, 3.05) is 12.3 Å². The van der Waals surface area contributed by atoms with Crippen molar-refractivity contribution in [1.82, 2.24) is 16.0 Å². The molecule has 13 heteroatoms. The van der Waals surface area contributed by atoms with Gasteiger partial charge in [0, 0.05) is 12.3 Å². The topological polar surface area (TPSA) is 215 Å². The highest BCUT2D eigenvalue weighted by molar-refractivity contribution is 7.80. The molecule has 0 saturated heterocycles. The van der Waals surface area contributed by atoms with Crippen LogP contribution >= 0.6 is 12.6 Å². The molecule has 0 aromatic heterocycles. The molecule has 0 radical (unpaired) electrons. The summed E-state index contributed by atoms with van der Waals surface area (Å²) in [5.41, 5.74) is 16.3. The van der Waals surface area contributed by atoms with Crippen LogP contribution in [0, 0.1) is 11.8 Å². The summed E-state index contributed by atoms with van der Waals surface area (Å²) in [4.78, 5) is 53.2. The fourth-order valence-corrected chi connectivity index (χ4v) is 3.00. The van der Waals surface area contributed by atoms with Crippen LogP contribution in [0.1, 0.15) is 47.0 Å². The molecule has 0 aromatic carbocycles. The van der Waals surface area contributed by atoms with E-state index < -0.39 is 47.9 Å². The summed E-state index contributed by atoms with van der Waals surface area (Å²) in [5.74, 6) is -3.54. The summed E-state index contributed by atoms with van der Waals surface area (Å²) in [6.45, 7) is 7.45. The molecular formula is C20H39N7O5S. The van der Waals surface area contributed by atoms with Crippen molar-refractivity contribution in [1.29, 1.82) is 0 Å². The average Bonchev–Trinajstić information content (AvgIpc) is 2.75. The van der Waals surface area contributed by atoms with Gasteiger partial charge in [0.2, 0.25) is 17.7 Å². The van der Waals surface area contributed by atoms with Gasteiger partial charge in [-0.15, -0.1) is 0 Å². The SMILES string of the molecule is CCC(C)C(NC(=O)C(N)C(C)C)C(=O)NC(CS)C(=O)NC(CCCN=C(N)N)C(=O)O. The fraction of sp³-hybridized carbons (Fsp3) is 0.750. The van der Waals surface area contributed by atoms with Crippen molar-refractivity contribution in [2.45, 2.75) is 71.1 Å². The number of carbonyl (C=O) groups is 4. The van der Waals surface area contributed by atoms with Gasteiger partial charge in [-0.2, -0.15) is 12.6 Å². The van der Waals surface area contributed by atoms with E-state index in [4.69, 9.17) is 17.2 Å². The Morgan fingerprint density at radius 1 is 0.970 bits per heavy atom. The third-order valence-electron chi connectivity index (χ3n) is 5.19. The fourth-order valence-electron chi connectivity index (χ4n) is 2.74. The Bertz CT molecular complexity index is 700. The van der Waals surface area contributed by atoms with Gasteiger partial charge in [0.05, 0.1) is 6.04 Å². The number of amides is 3. The van der Waals surface area contributed by atoms with E-state index in [2.05, 4.69) is 33.6 Å². The summed E-state index contributed by atoms with van der Waals surface area (Å²) in [6, 6.07) is -4.01. The number of hydrogen-bond donors (Lipinski definition) is 8. The van der Waals surface area contributed by atoms with Gasteiger partial charge in [0.25, 0.3) is 0 Å². The zero-order chi connectivity index (χ0) is 25.7. The van der Waals surface area contributed by atoms with E-state index in [0.717, 1.165) is 0 Å². The molecule has 0 fully saturated rings. The van der Waals surface area contributed by atoms with Gasteiger partial charge < -0.3 is 38.3 Å². The minimum absolute atomic E-state index is 0.0788. The summed E-state index contributed by atoms with van der Waals surface area (Å²) >= 11 is 4.11. The molecule has 0 aromatic rings. The van der Waals surface area contributed by atoms with Gasteiger partial charge in [-0.3, -0.25) is 19.4 Å². The van der Waals surface area contributed by atoms with Crippen molar-refractivity contribution in [3.63, 3.8) is 0 Å². The van der Waals surface area contributed by atoms with E-state index in [9.17, 15) is 24.3 Å². The second-order valence-electron chi connectivity index (χ2n) is 8.23. The van der Waals surface area contributed by atoms with Gasteiger partial charge in [0.15, 0.2) is 5.96 Å². The molecular weight excluding hydrogens is 450 g/mol. The van der Waals surface area contributed by atoms with Crippen LogP contribution in [0.15, 0.2) is 4.99 Å². The number of rotatable bonds is 15. The van der Waals surface area contributed by atoms with Gasteiger partial charge in [-0.1, -0.05) is 34.1 Å². The number of nitrogens with one attached hydrogen (secondary N) is 3. The van der Waals surface area contributed by atoms with Crippen molar-refractivity contribution in [3.05, 3.63) is 0 Å². The number of carbonyl (C=O) groups excluding carboxylic acids is 3. The first kappa shape index (κ1) is 30.5. The Labute approximate surface area is 200 Å². The largest absolute Gasteiger partial charge is 0.480 e. The predicted octanol–water partition coefficient (Wildman–Crippen LogP) is -1.46. The van der Waals surface area contributed by atoms with E-state index in [0.29, 0.717) is 12.8 Å². The lowest BCUT2D eigenvalue weighted by atomic mass is 9.96. The zero-order valence-electron chi connectivity index (χ0n) is 19.7. The molecule has 0 aliphatic heterocycles. The first-order valence-corrected chi connectivity index (χ1v) is 11.5. The lowest BCUT2D eigenvalue weighted by molar-refractivity contribution is -0.142. The smallest absolute Gasteiger partial charge is 0.326 e. The maximum atomic E-state index is 12.9. The van der Waals surface area contributed by atoms with Crippen LogP contribution in [0.4, 0.5) is 0 Å². The predicted molar refractivity (Wildman–Crippen MR) is 129 cm³/mol. The lowest BCUT2D eigenvalue weighted by Crippen LogP contribution is -2.59. The van der Waals surface area contributed by atoms with E-state index in [1.807, 2.05) is 6.92 Å². The highest BCUT2D eigenvalue weighted by Gasteiger charge is 2.32. The average molecular weight is 490 g/mol. The monoisotopic (exact) mass is 489 g/mol. The molecule has 5 atom stereocenters. The Balaban J connectivity index is 5.23. The summed E-state index contributed by atoms with van der Waals surface area (Å²) in [6.07, 6.45) is 0.999. The number of nitrogens with two attached hydrogens (primary N) is 3. The van der Waals surface area contributed by atoms with Crippen LogP contribution in [0.2, 0.25) is 0 Å². The number of aliphatic imine (C=N–C) groups is 1. The first-order valence-electron chi connectivity index (χ1n) is 10.9. The number of thiol groups is 1. The Morgan fingerprint density at radius 3 is 2.00 bits per heavy atom. The minimum atomic E-state index is -1.23. The number of hydrogen-bond acceptors (Lipinski definition) is 7.